The molecular weight excluding hydrogens is 455 g/mol. The maximum atomic E-state index is 7.88. The molecule has 0 saturated carbocycles. The van der Waals surface area contributed by atoms with E-state index in [1.54, 1.807) is 0 Å². The van der Waals surface area contributed by atoms with Gasteiger partial charge < -0.3 is 15.3 Å². The van der Waals surface area contributed by atoms with Crippen molar-refractivity contribution >= 4 is 0 Å². The van der Waals surface area contributed by atoms with Crippen molar-refractivity contribution < 1.29 is 41.2 Å². The van der Waals surface area contributed by atoms with Gasteiger partial charge >= 0.3 is 0 Å². The Bertz CT molecular complexity index is 292. The Hall–Kier alpha value is 0.230. The standard InChI is InChI=1S/C10H15.3C3H8O.Hf/c1-7-6-10(4,5)9(3)8(7)2;3*1-2-3-4;/h1-5H3;3*4H,2-3H2,1H3;/q-1;;;;. The minimum Gasteiger partial charge on any atom is -0.396 e. The minimum absolute atomic E-state index is 0. The van der Waals surface area contributed by atoms with Crippen LogP contribution in [0, 0.1) is 11.5 Å². The first-order chi connectivity index (χ1) is 10.2. The second-order valence-corrected chi connectivity index (χ2v) is 5.80. The summed E-state index contributed by atoms with van der Waals surface area (Å²) in [6, 6.07) is 0. The fourth-order valence-corrected chi connectivity index (χ4v) is 1.41. The van der Waals surface area contributed by atoms with Gasteiger partial charge in [-0.05, 0) is 19.3 Å². The van der Waals surface area contributed by atoms with Gasteiger partial charge in [-0.15, -0.1) is 6.92 Å². The summed E-state index contributed by atoms with van der Waals surface area (Å²) in [4.78, 5) is 0. The molecule has 0 saturated heterocycles. The molecule has 1 aliphatic carbocycles. The molecule has 4 heteroatoms. The van der Waals surface area contributed by atoms with Gasteiger partial charge in [-0.1, -0.05) is 53.9 Å². The van der Waals surface area contributed by atoms with Crippen molar-refractivity contribution in [3.8, 4) is 0 Å². The molecule has 1 aliphatic rings. The molecule has 0 radical (unpaired) electrons. The summed E-state index contributed by atoms with van der Waals surface area (Å²) >= 11 is 0. The average Bonchev–Trinajstić information content (AvgIpc) is 2.70. The third kappa shape index (κ3) is 18.4. The zero-order chi connectivity index (χ0) is 18.2. The van der Waals surface area contributed by atoms with E-state index in [1.807, 2.05) is 20.8 Å². The molecule has 0 aromatic heterocycles. The zero-order valence-corrected chi connectivity index (χ0v) is 20.2. The zero-order valence-electron chi connectivity index (χ0n) is 16.6. The number of hydrogen-bond acceptors (Lipinski definition) is 3. The van der Waals surface area contributed by atoms with Crippen LogP contribution in [0.1, 0.15) is 74.7 Å². The first-order valence-corrected chi connectivity index (χ1v) is 8.32. The van der Waals surface area contributed by atoms with Gasteiger partial charge in [0.05, 0.1) is 0 Å². The van der Waals surface area contributed by atoms with E-state index >= 15 is 0 Å². The topological polar surface area (TPSA) is 60.7 Å². The summed E-state index contributed by atoms with van der Waals surface area (Å²) in [5, 5.41) is 23.6. The molecule has 1 rings (SSSR count). The van der Waals surface area contributed by atoms with Crippen LogP contribution in [0.2, 0.25) is 0 Å². The van der Waals surface area contributed by atoms with E-state index < -0.39 is 0 Å². The smallest absolute Gasteiger partial charge is 0.0428 e. The van der Waals surface area contributed by atoms with Crippen LogP contribution in [0.25, 0.3) is 0 Å². The summed E-state index contributed by atoms with van der Waals surface area (Å²) in [5.74, 6) is 0. The molecule has 138 valence electrons. The van der Waals surface area contributed by atoms with E-state index in [9.17, 15) is 0 Å². The monoisotopic (exact) mass is 495 g/mol. The van der Waals surface area contributed by atoms with E-state index in [1.165, 1.54) is 16.7 Å². The first kappa shape index (κ1) is 31.0. The van der Waals surface area contributed by atoms with Crippen LogP contribution >= 0.6 is 0 Å². The predicted molar refractivity (Wildman–Crippen MR) is 96.7 cm³/mol. The number of hydrogen-bond donors (Lipinski definition) is 3. The van der Waals surface area contributed by atoms with E-state index in [2.05, 4.69) is 40.7 Å². The molecule has 0 aromatic carbocycles. The van der Waals surface area contributed by atoms with Crippen LogP contribution in [-0.4, -0.2) is 35.1 Å². The SMILES string of the molecule is CC1=[C-]C(C)(C)C(C)=C1C.CCCO.CCCO.CCCO.[Hf]. The van der Waals surface area contributed by atoms with Gasteiger partial charge in [0, 0.05) is 45.7 Å². The van der Waals surface area contributed by atoms with Gasteiger partial charge in [0.1, 0.15) is 0 Å². The van der Waals surface area contributed by atoms with Crippen molar-refractivity contribution in [1.29, 1.82) is 0 Å². The molecule has 0 unspecified atom stereocenters. The quantitative estimate of drug-likeness (QED) is 0.406. The Morgan fingerprint density at radius 2 is 1.04 bits per heavy atom. The normalized spacial score (nSPS) is 14.1. The van der Waals surface area contributed by atoms with Crippen molar-refractivity contribution in [1.82, 2.24) is 0 Å². The fourth-order valence-electron chi connectivity index (χ4n) is 1.41. The maximum absolute atomic E-state index is 7.88. The molecule has 0 spiro atoms. The maximum Gasteiger partial charge on any atom is 0.0428 e. The molecule has 3 N–H and O–H groups in total. The molecule has 0 aromatic rings. The van der Waals surface area contributed by atoms with Gasteiger partial charge in [0.25, 0.3) is 0 Å². The number of aliphatic hydroxyl groups is 3. The number of aliphatic hydroxyl groups excluding tert-OH is 3. The average molecular weight is 494 g/mol. The van der Waals surface area contributed by atoms with Crippen molar-refractivity contribution in [2.75, 3.05) is 19.8 Å². The largest absolute Gasteiger partial charge is 0.396 e. The Morgan fingerprint density at radius 3 is 1.09 bits per heavy atom. The van der Waals surface area contributed by atoms with Gasteiger partial charge in [0.15, 0.2) is 0 Å². The van der Waals surface area contributed by atoms with Crippen molar-refractivity contribution in [3.05, 3.63) is 22.8 Å². The Labute approximate surface area is 163 Å². The molecule has 3 nitrogen and oxygen atoms in total. The fraction of sp³-hybridized carbons (Fsp3) is 0.789. The van der Waals surface area contributed by atoms with Gasteiger partial charge in [-0.25, -0.2) is 5.57 Å². The van der Waals surface area contributed by atoms with E-state index in [0.29, 0.717) is 19.8 Å². The van der Waals surface area contributed by atoms with Gasteiger partial charge in [-0.3, -0.25) is 6.08 Å². The molecule has 0 heterocycles. The summed E-state index contributed by atoms with van der Waals surface area (Å²) in [5.41, 5.74) is 4.39. The van der Waals surface area contributed by atoms with Crippen LogP contribution < -0.4 is 0 Å². The van der Waals surface area contributed by atoms with Crippen LogP contribution in [0.3, 0.4) is 0 Å². The van der Waals surface area contributed by atoms with Crippen LogP contribution in [0.15, 0.2) is 16.7 Å². The first-order valence-electron chi connectivity index (χ1n) is 8.32. The molecule has 0 atom stereocenters. The Morgan fingerprint density at radius 1 is 0.783 bits per heavy atom. The summed E-state index contributed by atoms with van der Waals surface area (Å²) in [6.07, 6.45) is 6.06. The number of rotatable bonds is 3. The van der Waals surface area contributed by atoms with E-state index in [0.717, 1.165) is 19.3 Å². The Kier molecular flexibility index (Phi) is 27.4. The van der Waals surface area contributed by atoms with Gasteiger partial charge in [0.2, 0.25) is 0 Å². The second-order valence-electron chi connectivity index (χ2n) is 5.80. The molecule has 23 heavy (non-hydrogen) atoms. The third-order valence-electron chi connectivity index (χ3n) is 3.23. The summed E-state index contributed by atoms with van der Waals surface area (Å²) < 4.78 is 0. The molecule has 0 amide bonds. The van der Waals surface area contributed by atoms with E-state index in [-0.39, 0.29) is 31.3 Å². The Balaban J connectivity index is -0.000000118. The second kappa shape index (κ2) is 20.3. The predicted octanol–water partition coefficient (Wildman–Crippen LogP) is 4.28. The molecule has 0 bridgehead atoms. The molecule has 0 fully saturated rings. The van der Waals surface area contributed by atoms with Crippen LogP contribution in [0.4, 0.5) is 0 Å². The summed E-state index contributed by atoms with van der Waals surface area (Å²) in [6.45, 7) is 17.7. The van der Waals surface area contributed by atoms with Gasteiger partial charge in [-0.2, -0.15) is 11.1 Å². The number of allylic oxidation sites excluding steroid dienone is 4. The molecular formula is C19H39HfO3-. The summed E-state index contributed by atoms with van der Waals surface area (Å²) in [7, 11) is 0. The minimum atomic E-state index is 0. The van der Waals surface area contributed by atoms with Crippen molar-refractivity contribution in [3.63, 3.8) is 0 Å². The third-order valence-corrected chi connectivity index (χ3v) is 3.23. The van der Waals surface area contributed by atoms with Crippen molar-refractivity contribution in [2.45, 2.75) is 74.7 Å². The van der Waals surface area contributed by atoms with Crippen LogP contribution in [0.5, 0.6) is 0 Å². The van der Waals surface area contributed by atoms with E-state index in [4.69, 9.17) is 15.3 Å². The van der Waals surface area contributed by atoms with Crippen LogP contribution in [-0.2, 0) is 25.8 Å². The van der Waals surface area contributed by atoms with Crippen molar-refractivity contribution in [2.24, 2.45) is 5.41 Å². The molecule has 0 aliphatic heterocycles.